The summed E-state index contributed by atoms with van der Waals surface area (Å²) in [5.74, 6) is -1.18. The molecule has 0 amide bonds. The molecule has 1 aliphatic rings. The van der Waals surface area contributed by atoms with Gasteiger partial charge in [-0.1, -0.05) is 35.9 Å². The van der Waals surface area contributed by atoms with Crippen LogP contribution in [0.15, 0.2) is 47.3 Å². The van der Waals surface area contributed by atoms with Crippen molar-refractivity contribution in [3.8, 4) is 11.1 Å². The average Bonchev–Trinajstić information content (AvgIpc) is 2.75. The summed E-state index contributed by atoms with van der Waals surface area (Å²) in [4.78, 5) is 19.7. The molecule has 0 radical (unpaired) electrons. The fourth-order valence-corrected chi connectivity index (χ4v) is 4.62. The van der Waals surface area contributed by atoms with E-state index in [9.17, 15) is 18.0 Å². The Kier molecular flexibility index (Phi) is 6.32. The van der Waals surface area contributed by atoms with Gasteiger partial charge in [0.25, 0.3) is 5.56 Å². The van der Waals surface area contributed by atoms with E-state index in [-0.39, 0.29) is 23.4 Å². The van der Waals surface area contributed by atoms with Crippen molar-refractivity contribution >= 4 is 22.5 Å². The van der Waals surface area contributed by atoms with Gasteiger partial charge in [-0.2, -0.15) is 13.2 Å². The third kappa shape index (κ3) is 4.55. The Labute approximate surface area is 189 Å². The summed E-state index contributed by atoms with van der Waals surface area (Å²) in [5.41, 5.74) is 0.633. The Morgan fingerprint density at radius 3 is 2.53 bits per heavy atom. The first-order chi connectivity index (χ1) is 15.1. The zero-order valence-corrected chi connectivity index (χ0v) is 18.7. The summed E-state index contributed by atoms with van der Waals surface area (Å²) in [6.45, 7) is 5.73. The number of halogens is 4. The molecule has 0 saturated carbocycles. The summed E-state index contributed by atoms with van der Waals surface area (Å²) in [7, 11) is 0. The molecule has 1 aliphatic heterocycles. The van der Waals surface area contributed by atoms with Crippen molar-refractivity contribution in [3.63, 3.8) is 0 Å². The molecule has 4 nitrogen and oxygen atoms in total. The van der Waals surface area contributed by atoms with Crippen LogP contribution < -0.4 is 5.56 Å². The molecule has 8 heteroatoms. The lowest BCUT2D eigenvalue weighted by molar-refractivity contribution is -0.148. The van der Waals surface area contributed by atoms with Crippen molar-refractivity contribution in [2.45, 2.75) is 45.5 Å². The van der Waals surface area contributed by atoms with Crippen LogP contribution in [0, 0.1) is 5.92 Å². The van der Waals surface area contributed by atoms with E-state index in [4.69, 9.17) is 11.6 Å². The van der Waals surface area contributed by atoms with Crippen LogP contribution in [0.3, 0.4) is 0 Å². The van der Waals surface area contributed by atoms with E-state index in [0.29, 0.717) is 28.7 Å². The molecular formula is C24H25ClF3N3O. The van der Waals surface area contributed by atoms with Gasteiger partial charge in [0.05, 0.1) is 10.9 Å². The lowest BCUT2D eigenvalue weighted by Gasteiger charge is -2.36. The molecule has 4 rings (SSSR count). The van der Waals surface area contributed by atoms with Crippen molar-refractivity contribution in [3.05, 3.63) is 63.7 Å². The Morgan fingerprint density at radius 2 is 1.88 bits per heavy atom. The Morgan fingerprint density at radius 1 is 1.16 bits per heavy atom. The smallest absolute Gasteiger partial charge is 0.301 e. The van der Waals surface area contributed by atoms with E-state index in [1.165, 1.54) is 6.07 Å². The van der Waals surface area contributed by atoms with Gasteiger partial charge in [0, 0.05) is 24.2 Å². The molecule has 0 aliphatic carbocycles. The molecule has 0 spiro atoms. The maximum atomic E-state index is 13.9. The first-order valence-electron chi connectivity index (χ1n) is 10.8. The van der Waals surface area contributed by atoms with Gasteiger partial charge in [-0.05, 0) is 68.5 Å². The number of likely N-dealkylation sites (tertiary alicyclic amines) is 1. The highest BCUT2D eigenvalue weighted by Gasteiger charge is 2.38. The molecule has 1 fully saturated rings. The number of benzene rings is 2. The molecule has 0 bridgehead atoms. The minimum atomic E-state index is -4.73. The minimum absolute atomic E-state index is 0.00517. The summed E-state index contributed by atoms with van der Waals surface area (Å²) >= 11 is 5.98. The van der Waals surface area contributed by atoms with Crippen LogP contribution in [0.1, 0.15) is 32.5 Å². The molecule has 32 heavy (non-hydrogen) atoms. The molecular weight excluding hydrogens is 439 g/mol. The fourth-order valence-electron chi connectivity index (χ4n) is 4.49. The van der Waals surface area contributed by atoms with E-state index < -0.39 is 17.6 Å². The number of alkyl halides is 3. The minimum Gasteiger partial charge on any atom is -0.301 e. The predicted octanol–water partition coefficient (Wildman–Crippen LogP) is 5.86. The standard InChI is InChI=1S/C24H25ClF3N3O/c1-15(2)30-12-4-5-16(13-30)14-31-22(32)21-19(17-8-10-18(25)11-9-17)6-3-7-20(21)29-23(31)24(26,27)28/h3,6-11,15-16H,4-5,12-14H2,1-2H3/t16-/m0/s1. The van der Waals surface area contributed by atoms with Crippen LogP contribution in [0.25, 0.3) is 22.0 Å². The van der Waals surface area contributed by atoms with Crippen molar-refractivity contribution < 1.29 is 13.2 Å². The van der Waals surface area contributed by atoms with Crippen LogP contribution in [-0.2, 0) is 12.7 Å². The van der Waals surface area contributed by atoms with Crippen LogP contribution in [0.5, 0.6) is 0 Å². The second-order valence-electron chi connectivity index (χ2n) is 8.65. The number of aromatic nitrogens is 2. The highest BCUT2D eigenvalue weighted by Crippen LogP contribution is 2.32. The van der Waals surface area contributed by atoms with E-state index >= 15 is 0 Å². The normalized spacial score (nSPS) is 17.9. The van der Waals surface area contributed by atoms with Gasteiger partial charge in [-0.3, -0.25) is 9.36 Å². The highest BCUT2D eigenvalue weighted by molar-refractivity contribution is 6.30. The Hall–Kier alpha value is -2.38. The van der Waals surface area contributed by atoms with Gasteiger partial charge in [0.1, 0.15) is 0 Å². The van der Waals surface area contributed by atoms with E-state index in [1.807, 2.05) is 0 Å². The summed E-state index contributed by atoms with van der Waals surface area (Å²) < 4.78 is 42.7. The van der Waals surface area contributed by atoms with Gasteiger partial charge >= 0.3 is 6.18 Å². The Balaban J connectivity index is 1.86. The molecule has 0 N–H and O–H groups in total. The van der Waals surface area contributed by atoms with Crippen LogP contribution in [-0.4, -0.2) is 33.6 Å². The van der Waals surface area contributed by atoms with Crippen LogP contribution >= 0.6 is 11.6 Å². The number of piperidine rings is 1. The second kappa shape index (κ2) is 8.87. The number of fused-ring (bicyclic) bond motifs is 1. The van der Waals surface area contributed by atoms with E-state index in [2.05, 4.69) is 23.7 Å². The zero-order valence-electron chi connectivity index (χ0n) is 18.0. The SMILES string of the molecule is CC(C)N1CCC[C@H](Cn2c(C(F)(F)F)nc3cccc(-c4ccc(Cl)cc4)c3c2=O)C1. The molecule has 2 heterocycles. The topological polar surface area (TPSA) is 38.1 Å². The lowest BCUT2D eigenvalue weighted by atomic mass is 9.96. The van der Waals surface area contributed by atoms with Gasteiger partial charge < -0.3 is 4.90 Å². The average molecular weight is 464 g/mol. The highest BCUT2D eigenvalue weighted by atomic mass is 35.5. The quantitative estimate of drug-likeness (QED) is 0.486. The van der Waals surface area contributed by atoms with Crippen molar-refractivity contribution in [1.29, 1.82) is 0 Å². The molecule has 1 atom stereocenters. The summed E-state index contributed by atoms with van der Waals surface area (Å²) in [6.07, 6.45) is -3.05. The molecule has 2 aromatic carbocycles. The van der Waals surface area contributed by atoms with Crippen molar-refractivity contribution in [2.24, 2.45) is 5.92 Å². The van der Waals surface area contributed by atoms with Gasteiger partial charge in [0.2, 0.25) is 5.82 Å². The number of rotatable bonds is 4. The monoisotopic (exact) mass is 463 g/mol. The van der Waals surface area contributed by atoms with Crippen molar-refractivity contribution in [1.82, 2.24) is 14.5 Å². The van der Waals surface area contributed by atoms with Gasteiger partial charge in [0.15, 0.2) is 0 Å². The first-order valence-corrected chi connectivity index (χ1v) is 11.1. The number of hydrogen-bond donors (Lipinski definition) is 0. The fraction of sp³-hybridized carbons (Fsp3) is 0.417. The number of nitrogens with zero attached hydrogens (tertiary/aromatic N) is 3. The molecule has 3 aromatic rings. The molecule has 170 valence electrons. The number of hydrogen-bond acceptors (Lipinski definition) is 3. The van der Waals surface area contributed by atoms with Gasteiger partial charge in [-0.15, -0.1) is 0 Å². The zero-order chi connectivity index (χ0) is 23.0. The second-order valence-corrected chi connectivity index (χ2v) is 9.09. The van der Waals surface area contributed by atoms with Gasteiger partial charge in [-0.25, -0.2) is 4.98 Å². The first kappa shape index (κ1) is 22.8. The predicted molar refractivity (Wildman–Crippen MR) is 121 cm³/mol. The summed E-state index contributed by atoms with van der Waals surface area (Å²) in [5, 5.41) is 0.732. The maximum absolute atomic E-state index is 13.9. The molecule has 1 saturated heterocycles. The third-order valence-electron chi connectivity index (χ3n) is 6.11. The summed E-state index contributed by atoms with van der Waals surface area (Å²) in [6, 6.07) is 12.0. The van der Waals surface area contributed by atoms with Crippen molar-refractivity contribution in [2.75, 3.05) is 13.1 Å². The van der Waals surface area contributed by atoms with E-state index in [1.54, 1.807) is 36.4 Å². The lowest BCUT2D eigenvalue weighted by Crippen LogP contribution is -2.43. The Bertz CT molecular complexity index is 1170. The largest absolute Gasteiger partial charge is 0.449 e. The van der Waals surface area contributed by atoms with Crippen LogP contribution in [0.4, 0.5) is 13.2 Å². The molecule has 1 aromatic heterocycles. The molecule has 0 unspecified atom stereocenters. The third-order valence-corrected chi connectivity index (χ3v) is 6.37. The maximum Gasteiger partial charge on any atom is 0.449 e. The van der Waals surface area contributed by atoms with Crippen LogP contribution in [0.2, 0.25) is 5.02 Å². The van der Waals surface area contributed by atoms with E-state index in [0.717, 1.165) is 24.0 Å².